The Morgan fingerprint density at radius 2 is 1.95 bits per heavy atom. The van der Waals surface area contributed by atoms with Crippen molar-refractivity contribution < 1.29 is 18.0 Å². The number of nitrogens with zero attached hydrogens (tertiary/aromatic N) is 4. The molecule has 0 atom stereocenters. The Kier molecular flexibility index (Phi) is 7.11. The number of hydrogen-bond acceptors (Lipinski definition) is 6. The lowest BCUT2D eigenvalue weighted by Gasteiger charge is -2.38. The molecule has 1 spiro atoms. The van der Waals surface area contributed by atoms with Crippen LogP contribution >= 0.6 is 11.9 Å². The van der Waals surface area contributed by atoms with Gasteiger partial charge in [0.05, 0.1) is 29.5 Å². The highest BCUT2D eigenvalue weighted by atomic mass is 32.2. The molecule has 10 heteroatoms. The summed E-state index contributed by atoms with van der Waals surface area (Å²) in [5, 5.41) is 9.85. The first-order valence-corrected chi connectivity index (χ1v) is 13.1. The predicted molar refractivity (Wildman–Crippen MR) is 145 cm³/mol. The first-order chi connectivity index (χ1) is 18.3. The van der Waals surface area contributed by atoms with Crippen molar-refractivity contribution >= 4 is 46.1 Å². The first kappa shape index (κ1) is 26.1. The van der Waals surface area contributed by atoms with E-state index in [1.165, 1.54) is 6.21 Å². The number of rotatable bonds is 7. The smallest absolute Gasteiger partial charge is 0.308 e. The molecule has 0 aliphatic carbocycles. The molecule has 3 aromatic rings. The first-order valence-electron chi connectivity index (χ1n) is 12.2. The highest BCUT2D eigenvalue weighted by Gasteiger charge is 2.52. The molecule has 1 aromatic carbocycles. The maximum atomic E-state index is 14.1. The SMILES string of the molecule is C=C/C=C(\C=N)c1c(CN2C(=O)C3(CCN(SCC(F)(F)F)CC3)c3ccncc32)ncc2ccccc12. The van der Waals surface area contributed by atoms with Gasteiger partial charge in [-0.25, -0.2) is 0 Å². The molecular formula is C28H26F3N5OS. The summed E-state index contributed by atoms with van der Waals surface area (Å²) in [7, 11) is 0. The Bertz CT molecular complexity index is 1430. The molecule has 2 aliphatic rings. The van der Waals surface area contributed by atoms with Crippen LogP contribution in [0.3, 0.4) is 0 Å². The largest absolute Gasteiger partial charge is 0.399 e. The van der Waals surface area contributed by atoms with E-state index in [-0.39, 0.29) is 12.5 Å². The molecule has 1 N–H and O–H groups in total. The van der Waals surface area contributed by atoms with Gasteiger partial charge < -0.3 is 10.3 Å². The van der Waals surface area contributed by atoms with Crippen LogP contribution in [-0.2, 0) is 16.8 Å². The van der Waals surface area contributed by atoms with Crippen molar-refractivity contribution in [2.24, 2.45) is 0 Å². The van der Waals surface area contributed by atoms with E-state index >= 15 is 0 Å². The number of piperidine rings is 1. The minimum Gasteiger partial charge on any atom is -0.308 e. The van der Waals surface area contributed by atoms with E-state index in [1.54, 1.807) is 39.9 Å². The normalized spacial score (nSPS) is 17.7. The van der Waals surface area contributed by atoms with Crippen molar-refractivity contribution in [3.63, 3.8) is 0 Å². The van der Waals surface area contributed by atoms with Gasteiger partial charge in [-0.15, -0.1) is 0 Å². The second kappa shape index (κ2) is 10.3. The molecule has 6 nitrogen and oxygen atoms in total. The van der Waals surface area contributed by atoms with E-state index in [0.29, 0.717) is 42.9 Å². The molecule has 0 bridgehead atoms. The number of carbonyl (C=O) groups is 1. The highest BCUT2D eigenvalue weighted by molar-refractivity contribution is 7.97. The topological polar surface area (TPSA) is 73.2 Å². The second-order valence-corrected chi connectivity index (χ2v) is 10.4. The molecule has 4 heterocycles. The third-order valence-corrected chi connectivity index (χ3v) is 8.36. The lowest BCUT2D eigenvalue weighted by molar-refractivity contribution is -0.124. The van der Waals surface area contributed by atoms with Crippen LogP contribution in [0.4, 0.5) is 18.9 Å². The lowest BCUT2D eigenvalue weighted by Crippen LogP contribution is -2.47. The van der Waals surface area contributed by atoms with Gasteiger partial charge in [0, 0.05) is 48.2 Å². The lowest BCUT2D eigenvalue weighted by atomic mass is 9.74. The zero-order valence-electron chi connectivity index (χ0n) is 20.5. The predicted octanol–water partition coefficient (Wildman–Crippen LogP) is 5.94. The van der Waals surface area contributed by atoms with Gasteiger partial charge in [0.2, 0.25) is 5.91 Å². The Labute approximate surface area is 222 Å². The van der Waals surface area contributed by atoms with E-state index < -0.39 is 17.3 Å². The van der Waals surface area contributed by atoms with Crippen LogP contribution in [0.1, 0.15) is 29.7 Å². The number of halogens is 3. The van der Waals surface area contributed by atoms with Crippen LogP contribution in [0.5, 0.6) is 0 Å². The third-order valence-electron chi connectivity index (χ3n) is 7.18. The van der Waals surface area contributed by atoms with E-state index in [2.05, 4.69) is 11.6 Å². The molecule has 0 radical (unpaired) electrons. The summed E-state index contributed by atoms with van der Waals surface area (Å²) in [5.41, 5.74) is 2.76. The Balaban J connectivity index is 1.50. The molecule has 2 aromatic heterocycles. The summed E-state index contributed by atoms with van der Waals surface area (Å²) in [6.45, 7) is 4.71. The molecule has 1 fully saturated rings. The van der Waals surface area contributed by atoms with Gasteiger partial charge in [-0.05, 0) is 29.9 Å². The number of nitrogens with one attached hydrogen (secondary N) is 1. The monoisotopic (exact) mass is 537 g/mol. The summed E-state index contributed by atoms with van der Waals surface area (Å²) in [6.07, 6.45) is 6.31. The van der Waals surface area contributed by atoms with E-state index in [1.807, 2.05) is 30.3 Å². The molecule has 196 valence electrons. The number of benzene rings is 1. The fraction of sp³-hybridized carbons (Fsp3) is 0.286. The molecule has 38 heavy (non-hydrogen) atoms. The summed E-state index contributed by atoms with van der Waals surface area (Å²) < 4.78 is 39.9. The van der Waals surface area contributed by atoms with Gasteiger partial charge in [0.15, 0.2) is 0 Å². The molecule has 2 aliphatic heterocycles. The maximum Gasteiger partial charge on any atom is 0.399 e. The maximum absolute atomic E-state index is 14.1. The second-order valence-electron chi connectivity index (χ2n) is 9.35. The van der Waals surface area contributed by atoms with Crippen LogP contribution in [0.15, 0.2) is 67.7 Å². The number of allylic oxidation sites excluding steroid dienone is 3. The Morgan fingerprint density at radius 3 is 2.66 bits per heavy atom. The number of fused-ring (bicyclic) bond motifs is 3. The zero-order chi connectivity index (χ0) is 26.9. The van der Waals surface area contributed by atoms with Crippen molar-refractivity contribution in [1.82, 2.24) is 14.3 Å². The fourth-order valence-electron chi connectivity index (χ4n) is 5.42. The van der Waals surface area contributed by atoms with Crippen molar-refractivity contribution in [3.05, 3.63) is 84.5 Å². The van der Waals surface area contributed by atoms with E-state index in [0.717, 1.165) is 33.8 Å². The number of amides is 1. The minimum absolute atomic E-state index is 0.0917. The van der Waals surface area contributed by atoms with Gasteiger partial charge in [-0.2, -0.15) is 13.2 Å². The molecule has 0 unspecified atom stereocenters. The van der Waals surface area contributed by atoms with Gasteiger partial charge in [-0.3, -0.25) is 19.1 Å². The van der Waals surface area contributed by atoms with E-state index in [4.69, 9.17) is 10.4 Å². The summed E-state index contributed by atoms with van der Waals surface area (Å²) in [6, 6.07) is 9.61. The van der Waals surface area contributed by atoms with E-state index in [9.17, 15) is 18.0 Å². The Morgan fingerprint density at radius 1 is 1.18 bits per heavy atom. The molecule has 0 saturated carbocycles. The molecule has 1 amide bonds. The summed E-state index contributed by atoms with van der Waals surface area (Å²) in [5.74, 6) is -1.03. The number of aromatic nitrogens is 2. The molecular weight excluding hydrogens is 511 g/mol. The van der Waals surface area contributed by atoms with Crippen LogP contribution in [0.25, 0.3) is 16.3 Å². The van der Waals surface area contributed by atoms with Crippen LogP contribution in [-0.4, -0.2) is 51.4 Å². The average Bonchev–Trinajstić information content (AvgIpc) is 3.14. The van der Waals surface area contributed by atoms with Crippen molar-refractivity contribution in [2.45, 2.75) is 31.0 Å². The average molecular weight is 538 g/mol. The number of carbonyl (C=O) groups excluding carboxylic acids is 1. The zero-order valence-corrected chi connectivity index (χ0v) is 21.4. The fourth-order valence-corrected chi connectivity index (χ4v) is 6.19. The molecule has 1 saturated heterocycles. The van der Waals surface area contributed by atoms with Gasteiger partial charge in [0.25, 0.3) is 0 Å². The number of alkyl halides is 3. The third kappa shape index (κ3) is 4.74. The number of anilines is 1. The minimum atomic E-state index is -4.24. The van der Waals surface area contributed by atoms with Gasteiger partial charge in [-0.1, -0.05) is 54.9 Å². The van der Waals surface area contributed by atoms with Crippen LogP contribution in [0.2, 0.25) is 0 Å². The standard InChI is InChI=1S/C28H26F3N5OS/c1-2-5-19(14-32)25-21-7-4-3-6-20(21)15-34-23(25)17-36-24-16-33-11-8-22(24)27(26(36)37)9-12-35(13-10-27)38-18-28(29,30)31/h2-8,11,14-16,32H,1,9-10,12-13,17-18H2/b19-5+,32-14?. The van der Waals surface area contributed by atoms with Crippen LogP contribution < -0.4 is 4.90 Å². The Hall–Kier alpha value is -3.50. The summed E-state index contributed by atoms with van der Waals surface area (Å²) in [4.78, 5) is 24.8. The van der Waals surface area contributed by atoms with Crippen LogP contribution in [0, 0.1) is 5.41 Å². The van der Waals surface area contributed by atoms with Gasteiger partial charge in [0.1, 0.15) is 5.75 Å². The van der Waals surface area contributed by atoms with Gasteiger partial charge >= 0.3 is 6.18 Å². The van der Waals surface area contributed by atoms with Crippen molar-refractivity contribution in [1.29, 1.82) is 5.41 Å². The van der Waals surface area contributed by atoms with Crippen molar-refractivity contribution in [2.75, 3.05) is 23.7 Å². The number of hydrogen-bond donors (Lipinski definition) is 1. The molecule has 5 rings (SSSR count). The van der Waals surface area contributed by atoms with Crippen molar-refractivity contribution in [3.8, 4) is 0 Å². The highest BCUT2D eigenvalue weighted by Crippen LogP contribution is 2.49. The number of pyridine rings is 2. The quantitative estimate of drug-likeness (QED) is 0.229. The summed E-state index contributed by atoms with van der Waals surface area (Å²) >= 11 is 0.771.